The third-order valence-electron chi connectivity index (χ3n) is 3.94. The number of aryl methyl sites for hydroxylation is 3. The monoisotopic (exact) mass is 357 g/mol. The van der Waals surface area contributed by atoms with Crippen LogP contribution in [-0.2, 0) is 13.5 Å². The van der Waals surface area contributed by atoms with Gasteiger partial charge in [0.25, 0.3) is 11.8 Å². The zero-order chi connectivity index (χ0) is 18.8. The molecule has 0 aliphatic carbocycles. The lowest BCUT2D eigenvalue weighted by Gasteiger charge is -2.02. The molecule has 0 aliphatic heterocycles. The topological polar surface area (TPSA) is 115 Å². The molecule has 0 unspecified atom stereocenters. The van der Waals surface area contributed by atoms with E-state index in [4.69, 9.17) is 8.94 Å². The maximum atomic E-state index is 12.4. The summed E-state index contributed by atoms with van der Waals surface area (Å²) in [6.07, 6.45) is 2.03. The number of aromatic nitrogens is 3. The Kier molecular flexibility index (Phi) is 4.61. The van der Waals surface area contributed by atoms with Gasteiger partial charge in [0.05, 0.1) is 11.4 Å². The van der Waals surface area contributed by atoms with Gasteiger partial charge in [-0.05, 0) is 26.0 Å². The van der Waals surface area contributed by atoms with Gasteiger partial charge in [-0.1, -0.05) is 5.16 Å². The van der Waals surface area contributed by atoms with Gasteiger partial charge in [-0.2, -0.15) is 5.10 Å². The molecule has 9 heteroatoms. The summed E-state index contributed by atoms with van der Waals surface area (Å²) >= 11 is 0. The Labute approximate surface area is 149 Å². The molecule has 0 spiro atoms. The highest BCUT2D eigenvalue weighted by Gasteiger charge is 2.20. The lowest BCUT2D eigenvalue weighted by Crippen LogP contribution is -2.21. The number of furan rings is 1. The molecule has 2 amide bonds. The molecule has 136 valence electrons. The van der Waals surface area contributed by atoms with Crippen molar-refractivity contribution in [2.45, 2.75) is 20.3 Å². The predicted molar refractivity (Wildman–Crippen MR) is 92.0 cm³/mol. The molecule has 0 atom stereocenters. The van der Waals surface area contributed by atoms with Crippen molar-refractivity contribution >= 4 is 17.5 Å². The summed E-state index contributed by atoms with van der Waals surface area (Å²) in [5.74, 6) is 0.615. The summed E-state index contributed by atoms with van der Waals surface area (Å²) < 4.78 is 12.2. The highest BCUT2D eigenvalue weighted by molar-refractivity contribution is 6.06. The minimum absolute atomic E-state index is 0.130. The number of carbonyl (C=O) groups is 2. The van der Waals surface area contributed by atoms with E-state index in [1.807, 2.05) is 13.8 Å². The highest BCUT2D eigenvalue weighted by Crippen LogP contribution is 2.20. The van der Waals surface area contributed by atoms with Crippen LogP contribution >= 0.6 is 0 Å². The Morgan fingerprint density at radius 1 is 1.23 bits per heavy atom. The van der Waals surface area contributed by atoms with Crippen LogP contribution in [0.3, 0.4) is 0 Å². The van der Waals surface area contributed by atoms with Crippen molar-refractivity contribution in [2.24, 2.45) is 7.05 Å². The minimum atomic E-state index is -0.465. The van der Waals surface area contributed by atoms with Gasteiger partial charge < -0.3 is 19.6 Å². The standard InChI is InChI=1S/C17H19N5O4/c1-9-12(10(2)26-21-9)7-11-5-6-14(25-11)16(23)19-13-8-22(4)20-15(13)17(24)18-3/h5-6,8H,7H2,1-4H3,(H,18,24)(H,19,23). The second-order valence-corrected chi connectivity index (χ2v) is 5.84. The van der Waals surface area contributed by atoms with E-state index < -0.39 is 5.91 Å². The van der Waals surface area contributed by atoms with E-state index in [0.29, 0.717) is 17.9 Å². The summed E-state index contributed by atoms with van der Waals surface area (Å²) in [7, 11) is 3.16. The molecule has 0 aliphatic rings. The van der Waals surface area contributed by atoms with E-state index in [1.54, 1.807) is 25.4 Å². The molecular weight excluding hydrogens is 338 g/mol. The fourth-order valence-electron chi connectivity index (χ4n) is 2.57. The molecule has 3 aromatic rings. The Morgan fingerprint density at radius 3 is 2.65 bits per heavy atom. The van der Waals surface area contributed by atoms with Crippen LogP contribution in [0.25, 0.3) is 0 Å². The van der Waals surface area contributed by atoms with Gasteiger partial charge in [-0.25, -0.2) is 0 Å². The van der Waals surface area contributed by atoms with E-state index in [9.17, 15) is 9.59 Å². The summed E-state index contributed by atoms with van der Waals surface area (Å²) in [5.41, 5.74) is 2.15. The van der Waals surface area contributed by atoms with Crippen LogP contribution in [-0.4, -0.2) is 33.8 Å². The summed E-state index contributed by atoms with van der Waals surface area (Å²) in [4.78, 5) is 24.3. The van der Waals surface area contributed by atoms with Gasteiger partial charge in [-0.3, -0.25) is 14.3 Å². The molecule has 2 N–H and O–H groups in total. The van der Waals surface area contributed by atoms with E-state index in [1.165, 1.54) is 11.7 Å². The Balaban J connectivity index is 1.76. The molecule has 0 saturated carbocycles. The average Bonchev–Trinajstić information content (AvgIpc) is 3.30. The molecule has 9 nitrogen and oxygen atoms in total. The van der Waals surface area contributed by atoms with Crippen LogP contribution in [0, 0.1) is 13.8 Å². The molecule has 3 aromatic heterocycles. The molecule has 0 fully saturated rings. The quantitative estimate of drug-likeness (QED) is 0.720. The third-order valence-corrected chi connectivity index (χ3v) is 3.94. The number of carbonyl (C=O) groups excluding carboxylic acids is 2. The smallest absolute Gasteiger partial charge is 0.291 e. The van der Waals surface area contributed by atoms with E-state index in [2.05, 4.69) is 20.9 Å². The van der Waals surface area contributed by atoms with Crippen molar-refractivity contribution in [3.05, 3.63) is 52.6 Å². The average molecular weight is 357 g/mol. The van der Waals surface area contributed by atoms with Crippen LogP contribution in [0.4, 0.5) is 5.69 Å². The number of nitrogens with zero attached hydrogens (tertiary/aromatic N) is 3. The highest BCUT2D eigenvalue weighted by atomic mass is 16.5. The Morgan fingerprint density at radius 2 is 2.00 bits per heavy atom. The molecular formula is C17H19N5O4. The van der Waals surface area contributed by atoms with Gasteiger partial charge in [0.1, 0.15) is 11.5 Å². The van der Waals surface area contributed by atoms with Crippen molar-refractivity contribution in [3.8, 4) is 0 Å². The lowest BCUT2D eigenvalue weighted by molar-refractivity contribution is 0.0958. The first-order chi connectivity index (χ1) is 12.4. The summed E-state index contributed by atoms with van der Waals surface area (Å²) in [6, 6.07) is 3.31. The predicted octanol–water partition coefficient (Wildman–Crippen LogP) is 1.82. The fourth-order valence-corrected chi connectivity index (χ4v) is 2.57. The molecule has 0 bridgehead atoms. The van der Waals surface area contributed by atoms with Gasteiger partial charge in [-0.15, -0.1) is 0 Å². The summed E-state index contributed by atoms with van der Waals surface area (Å²) in [5, 5.41) is 13.1. The third kappa shape index (κ3) is 3.37. The fraction of sp³-hybridized carbons (Fsp3) is 0.294. The van der Waals surface area contributed by atoms with E-state index >= 15 is 0 Å². The molecule has 0 radical (unpaired) electrons. The van der Waals surface area contributed by atoms with Crippen LogP contribution in [0.1, 0.15) is 43.8 Å². The largest absolute Gasteiger partial charge is 0.456 e. The SMILES string of the molecule is CNC(=O)c1nn(C)cc1NC(=O)c1ccc(Cc2c(C)noc2C)o1. The van der Waals surface area contributed by atoms with Gasteiger partial charge in [0.2, 0.25) is 0 Å². The van der Waals surface area contributed by atoms with Crippen LogP contribution < -0.4 is 10.6 Å². The van der Waals surface area contributed by atoms with E-state index in [0.717, 1.165) is 17.0 Å². The number of nitrogens with one attached hydrogen (secondary N) is 2. The number of hydrogen-bond donors (Lipinski definition) is 2. The van der Waals surface area contributed by atoms with Crippen molar-refractivity contribution < 1.29 is 18.5 Å². The number of hydrogen-bond acceptors (Lipinski definition) is 6. The molecule has 3 rings (SSSR count). The molecule has 0 aromatic carbocycles. The van der Waals surface area contributed by atoms with Crippen molar-refractivity contribution in [1.82, 2.24) is 20.3 Å². The molecule has 0 saturated heterocycles. The first kappa shape index (κ1) is 17.5. The maximum absolute atomic E-state index is 12.4. The Bertz CT molecular complexity index is 946. The summed E-state index contributed by atoms with van der Waals surface area (Å²) in [6.45, 7) is 3.68. The van der Waals surface area contributed by atoms with Crippen molar-refractivity contribution in [2.75, 3.05) is 12.4 Å². The lowest BCUT2D eigenvalue weighted by atomic mass is 10.1. The van der Waals surface area contributed by atoms with Gasteiger partial charge in [0.15, 0.2) is 11.5 Å². The molecule has 26 heavy (non-hydrogen) atoms. The zero-order valence-corrected chi connectivity index (χ0v) is 14.9. The zero-order valence-electron chi connectivity index (χ0n) is 14.9. The normalized spacial score (nSPS) is 10.8. The maximum Gasteiger partial charge on any atom is 0.291 e. The second-order valence-electron chi connectivity index (χ2n) is 5.84. The number of anilines is 1. The first-order valence-electron chi connectivity index (χ1n) is 7.96. The molecule has 3 heterocycles. The van der Waals surface area contributed by atoms with Gasteiger partial charge >= 0.3 is 0 Å². The Hall–Kier alpha value is -3.36. The first-order valence-corrected chi connectivity index (χ1v) is 7.96. The van der Waals surface area contributed by atoms with Crippen molar-refractivity contribution in [3.63, 3.8) is 0 Å². The minimum Gasteiger partial charge on any atom is -0.456 e. The second kappa shape index (κ2) is 6.87. The van der Waals surface area contributed by atoms with E-state index in [-0.39, 0.29) is 17.4 Å². The van der Waals surface area contributed by atoms with Crippen LogP contribution in [0.5, 0.6) is 0 Å². The van der Waals surface area contributed by atoms with Crippen molar-refractivity contribution in [1.29, 1.82) is 0 Å². The van der Waals surface area contributed by atoms with Crippen LogP contribution in [0.2, 0.25) is 0 Å². The van der Waals surface area contributed by atoms with Crippen LogP contribution in [0.15, 0.2) is 27.3 Å². The number of rotatable bonds is 5. The number of amides is 2. The van der Waals surface area contributed by atoms with Gasteiger partial charge in [0, 0.05) is 32.3 Å².